The van der Waals surface area contributed by atoms with E-state index in [-0.39, 0.29) is 16.0 Å². The molecule has 0 aromatic heterocycles. The first-order valence-electron chi connectivity index (χ1n) is 6.32. The molecule has 20 heavy (non-hydrogen) atoms. The Morgan fingerprint density at radius 3 is 2.50 bits per heavy atom. The van der Waals surface area contributed by atoms with E-state index in [4.69, 9.17) is 11.6 Å². The zero-order valence-corrected chi connectivity index (χ0v) is 12.3. The number of rotatable bonds is 8. The molecular weight excluding hydrogens is 276 g/mol. The van der Waals surface area contributed by atoms with Crippen LogP contribution in [0.3, 0.4) is 0 Å². The van der Waals surface area contributed by atoms with Gasteiger partial charge in [-0.1, -0.05) is 24.3 Å². The van der Waals surface area contributed by atoms with Gasteiger partial charge in [-0.15, -0.1) is 24.8 Å². The van der Waals surface area contributed by atoms with Gasteiger partial charge in [0.1, 0.15) is 0 Å². The van der Waals surface area contributed by atoms with Crippen LogP contribution in [0.2, 0.25) is 0 Å². The van der Waals surface area contributed by atoms with Crippen molar-refractivity contribution in [1.29, 1.82) is 0 Å². The molecule has 0 aliphatic heterocycles. The fraction of sp³-hybridized carbons (Fsp3) is 0.333. The van der Waals surface area contributed by atoms with E-state index in [9.17, 15) is 10.1 Å². The molecule has 1 aromatic rings. The first-order chi connectivity index (χ1) is 9.49. The van der Waals surface area contributed by atoms with Crippen molar-refractivity contribution in [2.24, 2.45) is 0 Å². The molecular formula is C15H19ClN2O2. The Bertz CT molecular complexity index is 493. The van der Waals surface area contributed by atoms with Crippen LogP contribution < -0.4 is 0 Å². The van der Waals surface area contributed by atoms with E-state index in [1.165, 1.54) is 0 Å². The van der Waals surface area contributed by atoms with Crippen LogP contribution in [0.1, 0.15) is 16.5 Å². The molecule has 108 valence electrons. The topological polar surface area (TPSA) is 46.4 Å². The van der Waals surface area contributed by atoms with Gasteiger partial charge < -0.3 is 0 Å². The van der Waals surface area contributed by atoms with Gasteiger partial charge in [0.05, 0.1) is 10.3 Å². The lowest BCUT2D eigenvalue weighted by atomic mass is 10.1. The quantitative estimate of drug-likeness (QED) is 0.316. The first-order valence-corrected chi connectivity index (χ1v) is 6.76. The number of benzene rings is 1. The van der Waals surface area contributed by atoms with Gasteiger partial charge in [0.25, 0.3) is 5.69 Å². The summed E-state index contributed by atoms with van der Waals surface area (Å²) in [5, 5.41) is 10.6. The van der Waals surface area contributed by atoms with Gasteiger partial charge in [0.2, 0.25) is 0 Å². The smallest absolute Gasteiger partial charge is 0.272 e. The highest BCUT2D eigenvalue weighted by atomic mass is 35.5. The van der Waals surface area contributed by atoms with Gasteiger partial charge in [-0.25, -0.2) is 0 Å². The van der Waals surface area contributed by atoms with Gasteiger partial charge in [-0.05, 0) is 12.5 Å². The van der Waals surface area contributed by atoms with Crippen LogP contribution in [0.15, 0.2) is 43.5 Å². The van der Waals surface area contributed by atoms with Crippen molar-refractivity contribution in [3.05, 3.63) is 64.8 Å². The second-order valence-electron chi connectivity index (χ2n) is 4.57. The minimum absolute atomic E-state index is 0.104. The maximum Gasteiger partial charge on any atom is 0.272 e. The number of nitro benzene ring substituents is 1. The Kier molecular flexibility index (Phi) is 6.42. The molecule has 0 saturated carbocycles. The van der Waals surface area contributed by atoms with Crippen molar-refractivity contribution in [3.63, 3.8) is 0 Å². The molecule has 0 heterocycles. The van der Waals surface area contributed by atoms with E-state index in [1.807, 2.05) is 6.07 Å². The number of nitrogens with zero attached hydrogens (tertiary/aromatic N) is 2. The first kappa shape index (κ1) is 16.4. The van der Waals surface area contributed by atoms with Crippen molar-refractivity contribution < 1.29 is 4.92 Å². The standard InChI is InChI=1S/C15H19ClN2O2/c1-4-8-17(9-5-2)11-14(16)13-7-6-12(3)15(10-13)18(19)20/h4-7,10,14H,1-2,8-9,11H2,3H3. The Morgan fingerprint density at radius 1 is 1.40 bits per heavy atom. The monoisotopic (exact) mass is 294 g/mol. The highest BCUT2D eigenvalue weighted by Crippen LogP contribution is 2.27. The molecule has 1 rings (SSSR count). The summed E-state index contributed by atoms with van der Waals surface area (Å²) < 4.78 is 0. The van der Waals surface area contributed by atoms with E-state index in [0.29, 0.717) is 25.2 Å². The van der Waals surface area contributed by atoms with Crippen molar-refractivity contribution in [2.75, 3.05) is 19.6 Å². The minimum atomic E-state index is -0.381. The predicted octanol–water partition coefficient (Wildman–Crippen LogP) is 3.86. The summed E-state index contributed by atoms with van der Waals surface area (Å²) in [6.45, 7) is 11.1. The van der Waals surface area contributed by atoms with Crippen LogP contribution in [0.25, 0.3) is 0 Å². The number of hydrogen-bond acceptors (Lipinski definition) is 3. The van der Waals surface area contributed by atoms with Gasteiger partial charge in [0.15, 0.2) is 0 Å². The third-order valence-corrected chi connectivity index (χ3v) is 3.37. The van der Waals surface area contributed by atoms with Crippen LogP contribution in [0.4, 0.5) is 5.69 Å². The van der Waals surface area contributed by atoms with Gasteiger partial charge in [0, 0.05) is 31.3 Å². The van der Waals surface area contributed by atoms with E-state index < -0.39 is 0 Å². The molecule has 0 saturated heterocycles. The maximum atomic E-state index is 10.9. The molecule has 0 amide bonds. The molecule has 1 aromatic carbocycles. The average Bonchev–Trinajstić information content (AvgIpc) is 2.39. The summed E-state index contributed by atoms with van der Waals surface area (Å²) >= 11 is 6.37. The lowest BCUT2D eigenvalue weighted by molar-refractivity contribution is -0.385. The van der Waals surface area contributed by atoms with Crippen LogP contribution in [-0.4, -0.2) is 29.5 Å². The average molecular weight is 295 g/mol. The third kappa shape index (κ3) is 4.47. The number of nitro groups is 1. The van der Waals surface area contributed by atoms with Gasteiger partial charge >= 0.3 is 0 Å². The Morgan fingerprint density at radius 2 is 2.00 bits per heavy atom. The molecule has 5 heteroatoms. The van der Waals surface area contributed by atoms with Crippen LogP contribution in [-0.2, 0) is 0 Å². The van der Waals surface area contributed by atoms with Crippen LogP contribution in [0, 0.1) is 17.0 Å². The molecule has 0 N–H and O–H groups in total. The zero-order valence-electron chi connectivity index (χ0n) is 11.6. The summed E-state index contributed by atoms with van der Waals surface area (Å²) in [4.78, 5) is 12.6. The van der Waals surface area contributed by atoms with Crippen molar-refractivity contribution in [2.45, 2.75) is 12.3 Å². The predicted molar refractivity (Wildman–Crippen MR) is 83.3 cm³/mol. The summed E-state index contributed by atoms with van der Waals surface area (Å²) in [7, 11) is 0. The van der Waals surface area contributed by atoms with E-state index >= 15 is 0 Å². The van der Waals surface area contributed by atoms with Crippen molar-refractivity contribution in [3.8, 4) is 0 Å². The van der Waals surface area contributed by atoms with Crippen LogP contribution >= 0.6 is 11.6 Å². The highest BCUT2D eigenvalue weighted by Gasteiger charge is 2.17. The fourth-order valence-corrected chi connectivity index (χ4v) is 2.27. The number of alkyl halides is 1. The van der Waals surface area contributed by atoms with Crippen molar-refractivity contribution >= 4 is 17.3 Å². The van der Waals surface area contributed by atoms with Crippen molar-refractivity contribution in [1.82, 2.24) is 4.90 Å². The Labute approximate surface area is 124 Å². The molecule has 1 atom stereocenters. The second kappa shape index (κ2) is 7.82. The SMILES string of the molecule is C=CCN(CC=C)CC(Cl)c1ccc(C)c([N+](=O)[O-])c1. The van der Waals surface area contributed by atoms with Crippen LogP contribution in [0.5, 0.6) is 0 Å². The van der Waals surface area contributed by atoms with E-state index in [1.54, 1.807) is 31.2 Å². The molecule has 0 aliphatic rings. The lowest BCUT2D eigenvalue weighted by Gasteiger charge is -2.22. The molecule has 0 fully saturated rings. The van der Waals surface area contributed by atoms with E-state index in [0.717, 1.165) is 5.56 Å². The summed E-state index contributed by atoms with van der Waals surface area (Å²) in [5.74, 6) is 0. The number of halogens is 1. The zero-order chi connectivity index (χ0) is 15.1. The Hall–Kier alpha value is -1.65. The highest BCUT2D eigenvalue weighted by molar-refractivity contribution is 6.21. The minimum Gasteiger partial charge on any atom is -0.294 e. The molecule has 0 bridgehead atoms. The summed E-state index contributed by atoms with van der Waals surface area (Å²) in [6, 6.07) is 5.11. The molecule has 0 radical (unpaired) electrons. The second-order valence-corrected chi connectivity index (χ2v) is 5.09. The largest absolute Gasteiger partial charge is 0.294 e. The van der Waals surface area contributed by atoms with E-state index in [2.05, 4.69) is 18.1 Å². The fourth-order valence-electron chi connectivity index (χ4n) is 1.94. The lowest BCUT2D eigenvalue weighted by Crippen LogP contribution is -2.27. The normalized spacial score (nSPS) is 12.2. The molecule has 4 nitrogen and oxygen atoms in total. The molecule has 0 spiro atoms. The summed E-state index contributed by atoms with van der Waals surface area (Å²) in [5.41, 5.74) is 1.49. The number of hydrogen-bond donors (Lipinski definition) is 0. The number of aryl methyl sites for hydroxylation is 1. The van der Waals surface area contributed by atoms with Gasteiger partial charge in [-0.3, -0.25) is 15.0 Å². The van der Waals surface area contributed by atoms with Gasteiger partial charge in [-0.2, -0.15) is 0 Å². The molecule has 1 unspecified atom stereocenters. The third-order valence-electron chi connectivity index (χ3n) is 2.98. The maximum absolute atomic E-state index is 10.9. The molecule has 0 aliphatic carbocycles. The summed E-state index contributed by atoms with van der Waals surface area (Å²) in [6.07, 6.45) is 3.59. The Balaban J connectivity index is 2.88.